The van der Waals surface area contributed by atoms with Crippen molar-refractivity contribution in [3.8, 4) is 6.07 Å². The van der Waals surface area contributed by atoms with E-state index < -0.39 is 5.92 Å². The molecule has 0 aliphatic heterocycles. The van der Waals surface area contributed by atoms with Crippen molar-refractivity contribution in [2.45, 2.75) is 26.8 Å². The Kier molecular flexibility index (Phi) is 4.32. The topological polar surface area (TPSA) is 52.9 Å². The Labute approximate surface area is 93.7 Å². The second-order valence-electron chi connectivity index (χ2n) is 3.29. The lowest BCUT2D eigenvalue weighted by atomic mass is 10.2. The lowest BCUT2D eigenvalue weighted by Crippen LogP contribution is -2.27. The standard InChI is InChI=1S/C11H14N2OS/c1-3-9-4-5-15-10(9)7-13-11(14)8(2)6-12/h4-5,8H,3,7H2,1-2H3,(H,13,14). The van der Waals surface area contributed by atoms with Crippen LogP contribution in [0.5, 0.6) is 0 Å². The molecule has 0 bridgehead atoms. The van der Waals surface area contributed by atoms with Crippen LogP contribution in [0.15, 0.2) is 11.4 Å². The molecule has 0 aliphatic carbocycles. The zero-order chi connectivity index (χ0) is 11.3. The van der Waals surface area contributed by atoms with Gasteiger partial charge in [-0.25, -0.2) is 0 Å². The fourth-order valence-corrected chi connectivity index (χ4v) is 2.13. The van der Waals surface area contributed by atoms with Crippen LogP contribution in [-0.4, -0.2) is 5.91 Å². The Bertz CT molecular complexity index is 378. The van der Waals surface area contributed by atoms with Gasteiger partial charge < -0.3 is 5.32 Å². The van der Waals surface area contributed by atoms with Gasteiger partial charge in [-0.3, -0.25) is 4.79 Å². The van der Waals surface area contributed by atoms with Crippen LogP contribution in [0.4, 0.5) is 0 Å². The molecule has 1 rings (SSSR count). The second kappa shape index (κ2) is 5.52. The van der Waals surface area contributed by atoms with Crippen LogP contribution in [0.2, 0.25) is 0 Å². The van der Waals surface area contributed by atoms with Crippen LogP contribution in [0.1, 0.15) is 24.3 Å². The first-order valence-corrected chi connectivity index (χ1v) is 5.79. The van der Waals surface area contributed by atoms with Gasteiger partial charge in [-0.15, -0.1) is 11.3 Å². The summed E-state index contributed by atoms with van der Waals surface area (Å²) in [5.74, 6) is -0.775. The Morgan fingerprint density at radius 3 is 3.07 bits per heavy atom. The van der Waals surface area contributed by atoms with E-state index in [-0.39, 0.29) is 5.91 Å². The van der Waals surface area contributed by atoms with Gasteiger partial charge in [0, 0.05) is 4.88 Å². The number of nitrogens with zero attached hydrogens (tertiary/aromatic N) is 1. The maximum Gasteiger partial charge on any atom is 0.237 e. The van der Waals surface area contributed by atoms with Crippen molar-refractivity contribution in [2.75, 3.05) is 0 Å². The van der Waals surface area contributed by atoms with Gasteiger partial charge in [-0.2, -0.15) is 5.26 Å². The Morgan fingerprint density at radius 1 is 1.73 bits per heavy atom. The highest BCUT2D eigenvalue weighted by Gasteiger charge is 2.11. The van der Waals surface area contributed by atoms with Crippen LogP contribution in [-0.2, 0) is 17.8 Å². The molecule has 0 saturated carbocycles. The van der Waals surface area contributed by atoms with Crippen molar-refractivity contribution in [2.24, 2.45) is 5.92 Å². The summed E-state index contributed by atoms with van der Waals surface area (Å²) in [5, 5.41) is 13.3. The first-order chi connectivity index (χ1) is 7.19. The number of nitrogens with one attached hydrogen (secondary N) is 1. The number of nitriles is 1. The third-order valence-electron chi connectivity index (χ3n) is 2.23. The summed E-state index contributed by atoms with van der Waals surface area (Å²) in [6.07, 6.45) is 0.975. The molecule has 1 amide bonds. The van der Waals surface area contributed by atoms with Crippen LogP contribution in [0, 0.1) is 17.2 Å². The maximum absolute atomic E-state index is 11.3. The summed E-state index contributed by atoms with van der Waals surface area (Å²) in [6, 6.07) is 3.98. The van der Waals surface area contributed by atoms with E-state index in [1.165, 1.54) is 10.4 Å². The molecule has 3 nitrogen and oxygen atoms in total. The number of hydrogen-bond acceptors (Lipinski definition) is 3. The average molecular weight is 222 g/mol. The molecule has 1 aromatic heterocycles. The molecule has 0 aromatic carbocycles. The van der Waals surface area contributed by atoms with E-state index >= 15 is 0 Å². The van der Waals surface area contributed by atoms with Gasteiger partial charge in [0.1, 0.15) is 5.92 Å². The van der Waals surface area contributed by atoms with Crippen LogP contribution < -0.4 is 5.32 Å². The van der Waals surface area contributed by atoms with Gasteiger partial charge in [-0.1, -0.05) is 6.92 Å². The molecule has 1 atom stereocenters. The van der Waals surface area contributed by atoms with E-state index in [1.54, 1.807) is 18.3 Å². The number of rotatable bonds is 4. The summed E-state index contributed by atoms with van der Waals surface area (Å²) in [7, 11) is 0. The molecular weight excluding hydrogens is 208 g/mol. The van der Waals surface area contributed by atoms with E-state index in [9.17, 15) is 4.79 Å². The van der Waals surface area contributed by atoms with Crippen molar-refractivity contribution in [3.63, 3.8) is 0 Å². The first kappa shape index (κ1) is 11.7. The van der Waals surface area contributed by atoms with Crippen molar-refractivity contribution >= 4 is 17.2 Å². The molecule has 1 heterocycles. The molecule has 1 N–H and O–H groups in total. The smallest absolute Gasteiger partial charge is 0.237 e. The number of carbonyl (C=O) groups is 1. The van der Waals surface area contributed by atoms with Crippen molar-refractivity contribution in [1.29, 1.82) is 5.26 Å². The molecule has 0 spiro atoms. The number of amides is 1. The summed E-state index contributed by atoms with van der Waals surface area (Å²) in [4.78, 5) is 12.5. The molecular formula is C11H14N2OS. The minimum Gasteiger partial charge on any atom is -0.350 e. The summed E-state index contributed by atoms with van der Waals surface area (Å²) < 4.78 is 0. The number of hydrogen-bond donors (Lipinski definition) is 1. The van der Waals surface area contributed by atoms with Crippen molar-refractivity contribution < 1.29 is 4.79 Å². The zero-order valence-corrected chi connectivity index (χ0v) is 9.73. The third-order valence-corrected chi connectivity index (χ3v) is 3.19. The number of aryl methyl sites for hydroxylation is 1. The number of thiophene rings is 1. The fraction of sp³-hybridized carbons (Fsp3) is 0.455. The predicted molar refractivity (Wildman–Crippen MR) is 60.3 cm³/mol. The Hall–Kier alpha value is -1.34. The SMILES string of the molecule is CCc1ccsc1CNC(=O)C(C)C#N. The predicted octanol–water partition coefficient (Wildman–Crippen LogP) is 2.09. The molecule has 0 aliphatic rings. The van der Waals surface area contributed by atoms with Gasteiger partial charge in [0.25, 0.3) is 0 Å². The van der Waals surface area contributed by atoms with E-state index in [0.717, 1.165) is 6.42 Å². The highest BCUT2D eigenvalue weighted by molar-refractivity contribution is 7.10. The highest BCUT2D eigenvalue weighted by atomic mass is 32.1. The normalized spacial score (nSPS) is 11.8. The minimum atomic E-state index is -0.574. The van der Waals surface area contributed by atoms with Crippen LogP contribution in [0.3, 0.4) is 0 Å². The number of carbonyl (C=O) groups excluding carboxylic acids is 1. The molecule has 80 valence electrons. The lowest BCUT2D eigenvalue weighted by molar-refractivity contribution is -0.123. The van der Waals surface area contributed by atoms with Crippen LogP contribution in [0.25, 0.3) is 0 Å². The monoisotopic (exact) mass is 222 g/mol. The van der Waals surface area contributed by atoms with Crippen LogP contribution >= 0.6 is 11.3 Å². The van der Waals surface area contributed by atoms with E-state index in [1.807, 2.05) is 11.4 Å². The van der Waals surface area contributed by atoms with Gasteiger partial charge in [0.05, 0.1) is 12.6 Å². The molecule has 1 aromatic rings. The fourth-order valence-electron chi connectivity index (χ4n) is 1.22. The van der Waals surface area contributed by atoms with Gasteiger partial charge in [0.15, 0.2) is 0 Å². The zero-order valence-electron chi connectivity index (χ0n) is 8.91. The highest BCUT2D eigenvalue weighted by Crippen LogP contribution is 2.16. The maximum atomic E-state index is 11.3. The lowest BCUT2D eigenvalue weighted by Gasteiger charge is -2.06. The minimum absolute atomic E-state index is 0.201. The van der Waals surface area contributed by atoms with E-state index in [4.69, 9.17) is 5.26 Å². The van der Waals surface area contributed by atoms with Gasteiger partial charge >= 0.3 is 0 Å². The summed E-state index contributed by atoms with van der Waals surface area (Å²) >= 11 is 1.64. The van der Waals surface area contributed by atoms with E-state index in [2.05, 4.69) is 18.3 Å². The molecule has 4 heteroatoms. The average Bonchev–Trinajstić information content (AvgIpc) is 2.71. The quantitative estimate of drug-likeness (QED) is 0.848. The molecule has 15 heavy (non-hydrogen) atoms. The second-order valence-corrected chi connectivity index (χ2v) is 4.29. The van der Waals surface area contributed by atoms with Gasteiger partial charge in [0.2, 0.25) is 5.91 Å². The molecule has 0 radical (unpaired) electrons. The Balaban J connectivity index is 2.51. The Morgan fingerprint density at radius 2 is 2.47 bits per heavy atom. The summed E-state index contributed by atoms with van der Waals surface area (Å²) in [6.45, 7) is 4.22. The van der Waals surface area contributed by atoms with Crippen molar-refractivity contribution in [3.05, 3.63) is 21.9 Å². The molecule has 1 unspecified atom stereocenters. The third kappa shape index (κ3) is 3.07. The first-order valence-electron chi connectivity index (χ1n) is 4.91. The largest absolute Gasteiger partial charge is 0.350 e. The molecule has 0 saturated heterocycles. The van der Waals surface area contributed by atoms with E-state index in [0.29, 0.717) is 6.54 Å². The van der Waals surface area contributed by atoms with Gasteiger partial charge in [-0.05, 0) is 30.4 Å². The molecule has 0 fully saturated rings. The summed E-state index contributed by atoms with van der Waals surface area (Å²) in [5.41, 5.74) is 1.27. The van der Waals surface area contributed by atoms with Crippen molar-refractivity contribution in [1.82, 2.24) is 5.32 Å².